The van der Waals surface area contributed by atoms with E-state index in [1.165, 1.54) is 122 Å². The Morgan fingerprint density at radius 3 is 1.13 bits per heavy atom. The number of hydrogen-bond acceptors (Lipinski definition) is 2. The zero-order valence-electron chi connectivity index (χ0n) is 34.4. The molecule has 8 rings (SSSR count). The Morgan fingerprint density at radius 2 is 0.673 bits per heavy atom. The number of benzene rings is 8. The minimum Gasteiger partial charge on any atom is -0.310 e. The van der Waals surface area contributed by atoms with E-state index >= 15 is 0 Å². The molecular weight excluding hydrogens is 665 g/mol. The average molecular weight is 717 g/mol. The molecule has 55 heavy (non-hydrogen) atoms. The van der Waals surface area contributed by atoms with E-state index in [4.69, 9.17) is 0 Å². The first kappa shape index (κ1) is 36.1. The lowest BCUT2D eigenvalue weighted by Crippen LogP contribution is -2.13. The molecule has 0 spiro atoms. The van der Waals surface area contributed by atoms with Crippen LogP contribution in [-0.2, 0) is 0 Å². The van der Waals surface area contributed by atoms with Crippen LogP contribution in [-0.4, -0.2) is 0 Å². The van der Waals surface area contributed by atoms with Gasteiger partial charge in [0.1, 0.15) is 0 Å². The van der Waals surface area contributed by atoms with Gasteiger partial charge in [-0.05, 0) is 220 Å². The predicted molar refractivity (Wildman–Crippen MR) is 240 cm³/mol. The molecule has 0 amide bonds. The molecule has 274 valence electrons. The van der Waals surface area contributed by atoms with E-state index < -0.39 is 0 Å². The van der Waals surface area contributed by atoms with Gasteiger partial charge in [-0.25, -0.2) is 0 Å². The molecule has 0 aliphatic carbocycles. The number of hydrogen-bond donors (Lipinski definition) is 0. The van der Waals surface area contributed by atoms with Gasteiger partial charge in [-0.2, -0.15) is 0 Å². The summed E-state index contributed by atoms with van der Waals surface area (Å²) in [7, 11) is 0. The van der Waals surface area contributed by atoms with E-state index in [1.54, 1.807) is 0 Å². The largest absolute Gasteiger partial charge is 0.310 e. The highest BCUT2D eigenvalue weighted by molar-refractivity contribution is 6.24. The Bertz CT molecular complexity index is 2790. The summed E-state index contributed by atoms with van der Waals surface area (Å²) in [4.78, 5) is 4.98. The highest BCUT2D eigenvalue weighted by atomic mass is 15.2. The molecule has 0 radical (unpaired) electrons. The van der Waals surface area contributed by atoms with Crippen LogP contribution in [0.15, 0.2) is 115 Å². The second kappa shape index (κ2) is 13.8. The molecule has 0 unspecified atom stereocenters. The molecule has 0 bridgehead atoms. The van der Waals surface area contributed by atoms with Gasteiger partial charge in [-0.3, -0.25) is 0 Å². The molecule has 0 saturated heterocycles. The lowest BCUT2D eigenvalue weighted by molar-refractivity contribution is 1.21. The van der Waals surface area contributed by atoms with Crippen LogP contribution >= 0.6 is 0 Å². The van der Waals surface area contributed by atoms with E-state index in [-0.39, 0.29) is 0 Å². The third-order valence-corrected chi connectivity index (χ3v) is 12.4. The first-order chi connectivity index (χ1) is 26.3. The summed E-state index contributed by atoms with van der Waals surface area (Å²) in [5, 5.41) is 7.44. The highest BCUT2D eigenvalue weighted by Gasteiger charge is 2.23. The first-order valence-electron chi connectivity index (χ1n) is 19.6. The van der Waals surface area contributed by atoms with Crippen molar-refractivity contribution >= 4 is 66.4 Å². The van der Waals surface area contributed by atoms with Gasteiger partial charge in [0.15, 0.2) is 0 Å². The molecular formula is C53H52N2. The summed E-state index contributed by atoms with van der Waals surface area (Å²) in [6.45, 7) is 24.4. The SMILES string of the molecule is Cc1ccc2c(c1)c(N(c1ccc(C)c(C)c1)c1cc(C)c(C)c(C)c1)cc1c3ccccc3c(N(c3ccc(C)c(C)c3)c3cc(C)c(C)c(C)c3)cc21. The molecule has 0 aliphatic heterocycles. The first-order valence-corrected chi connectivity index (χ1v) is 19.6. The number of anilines is 6. The summed E-state index contributed by atoms with van der Waals surface area (Å²) in [6, 6.07) is 44.1. The molecule has 0 heterocycles. The van der Waals surface area contributed by atoms with E-state index in [0.29, 0.717) is 0 Å². The quantitative estimate of drug-likeness (QED) is 0.158. The van der Waals surface area contributed by atoms with Crippen molar-refractivity contribution in [3.8, 4) is 0 Å². The molecule has 0 saturated carbocycles. The van der Waals surface area contributed by atoms with Crippen LogP contribution < -0.4 is 9.80 Å². The fourth-order valence-electron chi connectivity index (χ4n) is 8.31. The smallest absolute Gasteiger partial charge is 0.0546 e. The van der Waals surface area contributed by atoms with Crippen LogP contribution in [0.1, 0.15) is 61.2 Å². The predicted octanol–water partition coefficient (Wildman–Crippen LogP) is 15.5. The lowest BCUT2D eigenvalue weighted by Gasteiger charge is -2.31. The Hall–Kier alpha value is -5.86. The average Bonchev–Trinajstić information content (AvgIpc) is 3.16. The fourth-order valence-corrected chi connectivity index (χ4v) is 8.31. The van der Waals surface area contributed by atoms with Crippen LogP contribution in [0.3, 0.4) is 0 Å². The maximum atomic E-state index is 2.50. The van der Waals surface area contributed by atoms with Crippen molar-refractivity contribution in [2.75, 3.05) is 9.80 Å². The van der Waals surface area contributed by atoms with Crippen molar-refractivity contribution in [1.29, 1.82) is 0 Å². The third-order valence-electron chi connectivity index (χ3n) is 12.4. The molecule has 0 aliphatic rings. The number of rotatable bonds is 6. The highest BCUT2D eigenvalue weighted by Crippen LogP contribution is 2.48. The molecule has 2 nitrogen and oxygen atoms in total. The van der Waals surface area contributed by atoms with Gasteiger partial charge in [0.05, 0.1) is 11.4 Å². The van der Waals surface area contributed by atoms with Gasteiger partial charge < -0.3 is 9.80 Å². The third kappa shape index (κ3) is 6.24. The summed E-state index contributed by atoms with van der Waals surface area (Å²) < 4.78 is 0. The van der Waals surface area contributed by atoms with Crippen LogP contribution in [0, 0.1) is 76.2 Å². The minimum atomic E-state index is 1.16. The lowest BCUT2D eigenvalue weighted by atomic mass is 9.92. The molecule has 8 aromatic rings. The molecule has 8 aromatic carbocycles. The Kier molecular flexibility index (Phi) is 9.05. The second-order valence-corrected chi connectivity index (χ2v) is 16.1. The topological polar surface area (TPSA) is 6.48 Å². The van der Waals surface area contributed by atoms with Crippen molar-refractivity contribution < 1.29 is 0 Å². The number of fused-ring (bicyclic) bond motifs is 5. The summed E-state index contributed by atoms with van der Waals surface area (Å²) in [5.41, 5.74) is 21.3. The maximum absolute atomic E-state index is 2.50. The van der Waals surface area contributed by atoms with E-state index in [2.05, 4.69) is 201 Å². The molecule has 0 N–H and O–H groups in total. The molecule has 0 aromatic heterocycles. The maximum Gasteiger partial charge on any atom is 0.0546 e. The summed E-state index contributed by atoms with van der Waals surface area (Å²) >= 11 is 0. The van der Waals surface area contributed by atoms with Gasteiger partial charge in [0, 0.05) is 33.5 Å². The van der Waals surface area contributed by atoms with E-state index in [0.717, 1.165) is 5.69 Å². The normalized spacial score (nSPS) is 11.5. The van der Waals surface area contributed by atoms with Gasteiger partial charge >= 0.3 is 0 Å². The van der Waals surface area contributed by atoms with Gasteiger partial charge in [-0.1, -0.05) is 54.1 Å². The Labute approximate surface area is 327 Å². The zero-order chi connectivity index (χ0) is 38.9. The van der Waals surface area contributed by atoms with Crippen LogP contribution in [0.4, 0.5) is 34.1 Å². The Balaban J connectivity index is 1.50. The van der Waals surface area contributed by atoms with Crippen molar-refractivity contribution in [3.63, 3.8) is 0 Å². The Morgan fingerprint density at radius 1 is 0.273 bits per heavy atom. The summed E-state index contributed by atoms with van der Waals surface area (Å²) in [6.07, 6.45) is 0. The van der Waals surface area contributed by atoms with Gasteiger partial charge in [0.25, 0.3) is 0 Å². The standard InChI is InChI=1S/C53H52N2/c1-31-16-21-47-50-29-52(54(42-19-17-32(2)34(4)23-42)44-25-36(6)40(10)37(7)26-44)48-15-13-12-14-46(48)49(50)30-53(51(47)22-31)55(43-20-18-33(3)35(5)24-43)45-27-38(8)41(11)39(9)28-45/h12-30H,1-11H3. The number of aryl methyl sites for hydroxylation is 9. The monoisotopic (exact) mass is 716 g/mol. The molecule has 0 atom stereocenters. The second-order valence-electron chi connectivity index (χ2n) is 16.1. The van der Waals surface area contributed by atoms with Gasteiger partial charge in [0.2, 0.25) is 0 Å². The zero-order valence-corrected chi connectivity index (χ0v) is 34.4. The van der Waals surface area contributed by atoms with E-state index in [9.17, 15) is 0 Å². The van der Waals surface area contributed by atoms with Crippen LogP contribution in [0.25, 0.3) is 32.3 Å². The van der Waals surface area contributed by atoms with Crippen molar-refractivity contribution in [2.24, 2.45) is 0 Å². The fraction of sp³-hybridized carbons (Fsp3) is 0.208. The molecule has 0 fully saturated rings. The minimum absolute atomic E-state index is 1.16. The van der Waals surface area contributed by atoms with Crippen molar-refractivity contribution in [1.82, 2.24) is 0 Å². The molecule has 2 heteroatoms. The van der Waals surface area contributed by atoms with Gasteiger partial charge in [-0.15, -0.1) is 0 Å². The van der Waals surface area contributed by atoms with Crippen LogP contribution in [0.5, 0.6) is 0 Å². The van der Waals surface area contributed by atoms with E-state index in [1.807, 2.05) is 0 Å². The van der Waals surface area contributed by atoms with Crippen molar-refractivity contribution in [3.05, 3.63) is 176 Å². The van der Waals surface area contributed by atoms with Crippen LogP contribution in [0.2, 0.25) is 0 Å². The number of nitrogens with zero attached hydrogens (tertiary/aromatic N) is 2. The van der Waals surface area contributed by atoms with Crippen molar-refractivity contribution in [2.45, 2.75) is 76.2 Å². The summed E-state index contributed by atoms with van der Waals surface area (Å²) in [5.74, 6) is 0.